The van der Waals surface area contributed by atoms with Gasteiger partial charge in [0.1, 0.15) is 0 Å². The predicted octanol–water partition coefficient (Wildman–Crippen LogP) is 2.49. The zero-order valence-electron chi connectivity index (χ0n) is 12.8. The number of benzene rings is 1. The van der Waals surface area contributed by atoms with Crippen molar-refractivity contribution in [2.24, 2.45) is 0 Å². The zero-order chi connectivity index (χ0) is 16.8. The minimum atomic E-state index is -0.533. The van der Waals surface area contributed by atoms with E-state index in [4.69, 9.17) is 4.74 Å². The van der Waals surface area contributed by atoms with Gasteiger partial charge in [-0.25, -0.2) is 0 Å². The molecule has 8 heteroatoms. The highest BCUT2D eigenvalue weighted by molar-refractivity contribution is 8.00. The Bertz CT molecular complexity index is 614. The van der Waals surface area contributed by atoms with Gasteiger partial charge in [-0.2, -0.15) is 0 Å². The molecule has 1 aromatic rings. The van der Waals surface area contributed by atoms with Crippen molar-refractivity contribution in [2.75, 3.05) is 25.4 Å². The van der Waals surface area contributed by atoms with Gasteiger partial charge in [0.2, 0.25) is 0 Å². The lowest BCUT2D eigenvalue weighted by molar-refractivity contribution is -0.387. The minimum absolute atomic E-state index is 0.00586. The van der Waals surface area contributed by atoms with Crippen LogP contribution in [0.3, 0.4) is 0 Å². The zero-order valence-corrected chi connectivity index (χ0v) is 13.6. The van der Waals surface area contributed by atoms with Crippen LogP contribution in [0.4, 0.5) is 5.69 Å². The van der Waals surface area contributed by atoms with E-state index >= 15 is 0 Å². The molecular formula is C15H18N2O5S. The fourth-order valence-corrected chi connectivity index (χ4v) is 3.16. The second-order valence-electron chi connectivity index (χ2n) is 5.03. The number of thioether (sulfide) groups is 1. The Balaban J connectivity index is 2.15. The maximum Gasteiger partial charge on any atom is 0.316 e. The van der Waals surface area contributed by atoms with Crippen molar-refractivity contribution in [1.82, 2.24) is 4.90 Å². The Hall–Kier alpha value is -2.09. The van der Waals surface area contributed by atoms with Gasteiger partial charge in [-0.05, 0) is 31.9 Å². The fourth-order valence-electron chi connectivity index (χ4n) is 2.36. The standard InChI is InChI=1S/C15H18N2O5S/c1-2-22-14(18)10-23-13-6-5-11(9-12(13)17(20)21)15(19)16-7-3-4-8-16/h5-6,9H,2-4,7-8,10H2,1H3. The molecular weight excluding hydrogens is 320 g/mol. The molecule has 2 rings (SSSR count). The molecule has 0 aliphatic carbocycles. The first-order chi connectivity index (χ1) is 11.0. The van der Waals surface area contributed by atoms with Crippen LogP contribution < -0.4 is 0 Å². The summed E-state index contributed by atoms with van der Waals surface area (Å²) in [7, 11) is 0. The van der Waals surface area contributed by atoms with Gasteiger partial charge in [-0.15, -0.1) is 11.8 Å². The van der Waals surface area contributed by atoms with E-state index in [0.29, 0.717) is 23.5 Å². The van der Waals surface area contributed by atoms with Crippen LogP contribution in [0.2, 0.25) is 0 Å². The Labute approximate surface area is 138 Å². The monoisotopic (exact) mass is 338 g/mol. The van der Waals surface area contributed by atoms with E-state index in [9.17, 15) is 19.7 Å². The van der Waals surface area contributed by atoms with E-state index in [1.54, 1.807) is 17.9 Å². The average Bonchev–Trinajstić information content (AvgIpc) is 3.06. The van der Waals surface area contributed by atoms with Gasteiger partial charge < -0.3 is 9.64 Å². The molecule has 1 aromatic carbocycles. The number of ether oxygens (including phenoxy) is 1. The number of nitro groups is 1. The van der Waals surface area contributed by atoms with Crippen molar-refractivity contribution < 1.29 is 19.2 Å². The van der Waals surface area contributed by atoms with Gasteiger partial charge in [0, 0.05) is 24.7 Å². The van der Waals surface area contributed by atoms with Gasteiger partial charge in [0.05, 0.1) is 22.2 Å². The van der Waals surface area contributed by atoms with Crippen molar-refractivity contribution in [3.05, 3.63) is 33.9 Å². The van der Waals surface area contributed by atoms with E-state index in [1.165, 1.54) is 12.1 Å². The van der Waals surface area contributed by atoms with Crippen molar-refractivity contribution in [3.8, 4) is 0 Å². The fraction of sp³-hybridized carbons (Fsp3) is 0.467. The van der Waals surface area contributed by atoms with Gasteiger partial charge in [-0.1, -0.05) is 0 Å². The quantitative estimate of drug-likeness (QED) is 0.343. The summed E-state index contributed by atoms with van der Waals surface area (Å²) in [5, 5.41) is 11.2. The van der Waals surface area contributed by atoms with Crippen LogP contribution in [-0.4, -0.2) is 47.1 Å². The molecule has 0 atom stereocenters. The maximum absolute atomic E-state index is 12.3. The van der Waals surface area contributed by atoms with Crippen LogP contribution >= 0.6 is 11.8 Å². The van der Waals surface area contributed by atoms with Gasteiger partial charge in [-0.3, -0.25) is 19.7 Å². The van der Waals surface area contributed by atoms with Crippen LogP contribution in [0.5, 0.6) is 0 Å². The van der Waals surface area contributed by atoms with Crippen LogP contribution in [0.15, 0.2) is 23.1 Å². The van der Waals surface area contributed by atoms with E-state index in [0.717, 1.165) is 24.6 Å². The van der Waals surface area contributed by atoms with Gasteiger partial charge in [0.15, 0.2) is 0 Å². The number of amides is 1. The van der Waals surface area contributed by atoms with Crippen LogP contribution in [0.1, 0.15) is 30.1 Å². The normalized spacial score (nSPS) is 13.9. The number of esters is 1. The average molecular weight is 338 g/mol. The summed E-state index contributed by atoms with van der Waals surface area (Å²) in [6.07, 6.45) is 1.92. The van der Waals surface area contributed by atoms with Crippen molar-refractivity contribution >= 4 is 29.3 Å². The van der Waals surface area contributed by atoms with E-state index in [2.05, 4.69) is 0 Å². The highest BCUT2D eigenvalue weighted by Crippen LogP contribution is 2.30. The maximum atomic E-state index is 12.3. The van der Waals surface area contributed by atoms with Crippen molar-refractivity contribution in [2.45, 2.75) is 24.7 Å². The second-order valence-corrected chi connectivity index (χ2v) is 6.05. The van der Waals surface area contributed by atoms with Crippen molar-refractivity contribution in [3.63, 3.8) is 0 Å². The SMILES string of the molecule is CCOC(=O)CSc1ccc(C(=O)N2CCCC2)cc1[N+](=O)[O-]. The molecule has 0 radical (unpaired) electrons. The molecule has 7 nitrogen and oxygen atoms in total. The van der Waals surface area contributed by atoms with Crippen LogP contribution in [0.25, 0.3) is 0 Å². The number of nitrogens with zero attached hydrogens (tertiary/aromatic N) is 2. The molecule has 1 saturated heterocycles. The Kier molecular flexibility index (Phi) is 5.97. The van der Waals surface area contributed by atoms with Crippen LogP contribution in [-0.2, 0) is 9.53 Å². The first-order valence-corrected chi connectivity index (χ1v) is 8.37. The minimum Gasteiger partial charge on any atom is -0.465 e. The predicted molar refractivity (Wildman–Crippen MR) is 85.6 cm³/mol. The molecule has 1 aliphatic heterocycles. The molecule has 1 fully saturated rings. The summed E-state index contributed by atoms with van der Waals surface area (Å²) >= 11 is 1.03. The Morgan fingerprint density at radius 1 is 1.35 bits per heavy atom. The highest BCUT2D eigenvalue weighted by atomic mass is 32.2. The number of carbonyl (C=O) groups excluding carboxylic acids is 2. The summed E-state index contributed by atoms with van der Waals surface area (Å²) in [6.45, 7) is 3.34. The molecule has 1 heterocycles. The molecule has 23 heavy (non-hydrogen) atoms. The molecule has 1 aliphatic rings. The number of hydrogen-bond acceptors (Lipinski definition) is 6. The lowest BCUT2D eigenvalue weighted by Crippen LogP contribution is -2.27. The Morgan fingerprint density at radius 2 is 2.04 bits per heavy atom. The number of carbonyl (C=O) groups is 2. The lowest BCUT2D eigenvalue weighted by atomic mass is 10.2. The first-order valence-electron chi connectivity index (χ1n) is 7.39. The number of likely N-dealkylation sites (tertiary alicyclic amines) is 1. The van der Waals surface area contributed by atoms with Gasteiger partial charge in [0.25, 0.3) is 11.6 Å². The van der Waals surface area contributed by atoms with E-state index in [1.807, 2.05) is 0 Å². The van der Waals surface area contributed by atoms with Crippen LogP contribution in [0, 0.1) is 10.1 Å². The van der Waals surface area contributed by atoms with Gasteiger partial charge >= 0.3 is 5.97 Å². The lowest BCUT2D eigenvalue weighted by Gasteiger charge is -2.15. The molecule has 0 aromatic heterocycles. The number of nitro benzene ring substituents is 1. The van der Waals surface area contributed by atoms with E-state index < -0.39 is 10.9 Å². The third kappa shape index (κ3) is 4.44. The van der Waals surface area contributed by atoms with Crippen molar-refractivity contribution in [1.29, 1.82) is 0 Å². The molecule has 0 N–H and O–H groups in total. The largest absolute Gasteiger partial charge is 0.465 e. The topological polar surface area (TPSA) is 89.8 Å². The van der Waals surface area contributed by atoms with E-state index in [-0.39, 0.29) is 24.0 Å². The Morgan fingerprint density at radius 3 is 2.65 bits per heavy atom. The number of hydrogen-bond donors (Lipinski definition) is 0. The highest BCUT2D eigenvalue weighted by Gasteiger charge is 2.23. The molecule has 0 unspecified atom stereocenters. The number of rotatable bonds is 6. The third-order valence-corrected chi connectivity index (χ3v) is 4.48. The third-order valence-electron chi connectivity index (χ3n) is 3.45. The summed E-state index contributed by atoms with van der Waals surface area (Å²) in [4.78, 5) is 36.4. The molecule has 0 saturated carbocycles. The summed E-state index contributed by atoms with van der Waals surface area (Å²) < 4.78 is 4.80. The molecule has 124 valence electrons. The summed E-state index contributed by atoms with van der Waals surface area (Å²) in [5.41, 5.74) is 0.142. The molecule has 0 bridgehead atoms. The summed E-state index contributed by atoms with van der Waals surface area (Å²) in [5.74, 6) is -0.620. The molecule has 0 spiro atoms. The molecule has 1 amide bonds. The summed E-state index contributed by atoms with van der Waals surface area (Å²) in [6, 6.07) is 4.38. The second kappa shape index (κ2) is 7.96. The first kappa shape index (κ1) is 17.3. The smallest absolute Gasteiger partial charge is 0.316 e.